The first-order valence-corrected chi connectivity index (χ1v) is 17.9. The fourth-order valence-corrected chi connectivity index (χ4v) is 10.7. The molecule has 2 atom stereocenters. The summed E-state index contributed by atoms with van der Waals surface area (Å²) in [5.41, 5.74) is 0.190. The summed E-state index contributed by atoms with van der Waals surface area (Å²) in [4.78, 5) is 8.13. The van der Waals surface area contributed by atoms with Gasteiger partial charge in [0.1, 0.15) is 0 Å². The van der Waals surface area contributed by atoms with Crippen molar-refractivity contribution in [3.05, 3.63) is 107 Å². The maximum atomic E-state index is 12.5. The number of aromatic hydroxyl groups is 1. The second-order valence-corrected chi connectivity index (χ2v) is 15.1. The fraction of sp³-hybridized carbons (Fsp3) is 0.333. The van der Waals surface area contributed by atoms with Crippen molar-refractivity contribution in [1.29, 1.82) is 0 Å². The molecule has 7 rings (SSSR count). The van der Waals surface area contributed by atoms with Crippen LogP contribution in [0.5, 0.6) is 5.75 Å². The van der Waals surface area contributed by atoms with Crippen LogP contribution >= 0.6 is 45.3 Å². The highest BCUT2D eigenvalue weighted by molar-refractivity contribution is 7.12. The van der Waals surface area contributed by atoms with Gasteiger partial charge in [-0.15, -0.1) is 45.3 Å². The zero-order chi connectivity index (χ0) is 28.9. The molecule has 2 aliphatic rings. The zero-order valence-corrected chi connectivity index (χ0v) is 26.6. The molecule has 6 heterocycles. The van der Waals surface area contributed by atoms with Gasteiger partial charge in [-0.3, -0.25) is 0 Å². The summed E-state index contributed by atoms with van der Waals surface area (Å²) in [6.45, 7) is 3.56. The van der Waals surface area contributed by atoms with Crippen molar-refractivity contribution >= 4 is 56.7 Å². The Labute approximate surface area is 262 Å². The first-order valence-electron chi connectivity index (χ1n) is 14.4. The number of hydrogen-bond donors (Lipinski definition) is 3. The highest BCUT2D eigenvalue weighted by atomic mass is 32.1. The number of anilines is 2. The van der Waals surface area contributed by atoms with Crippen LogP contribution in [0.25, 0.3) is 0 Å². The van der Waals surface area contributed by atoms with Crippen molar-refractivity contribution in [3.63, 3.8) is 0 Å². The lowest BCUT2D eigenvalue weighted by Gasteiger charge is -2.41. The van der Waals surface area contributed by atoms with Gasteiger partial charge in [-0.2, -0.15) is 0 Å². The third kappa shape index (κ3) is 4.44. The fourth-order valence-electron chi connectivity index (χ4n) is 7.04. The van der Waals surface area contributed by atoms with E-state index in [2.05, 4.69) is 28.9 Å². The molecule has 5 aromatic rings. The molecule has 2 saturated heterocycles. The molecule has 0 radical (unpaired) electrons. The summed E-state index contributed by atoms with van der Waals surface area (Å²) >= 11 is 6.31. The van der Waals surface area contributed by atoms with Gasteiger partial charge in [0.25, 0.3) is 0 Å². The van der Waals surface area contributed by atoms with Gasteiger partial charge in [0.05, 0.1) is 23.5 Å². The average molecular weight is 635 g/mol. The molecule has 2 aliphatic heterocycles. The number of benzene rings is 1. The molecule has 1 aromatic carbocycles. The van der Waals surface area contributed by atoms with Gasteiger partial charge in [-0.05, 0) is 96.1 Å². The number of phenols is 1. The second-order valence-electron chi connectivity index (χ2n) is 11.3. The van der Waals surface area contributed by atoms with Crippen molar-refractivity contribution < 1.29 is 15.3 Å². The highest BCUT2D eigenvalue weighted by Gasteiger charge is 2.50. The highest BCUT2D eigenvalue weighted by Crippen LogP contribution is 2.51. The smallest absolute Gasteiger partial charge is 0.162 e. The third-order valence-corrected chi connectivity index (χ3v) is 12.9. The van der Waals surface area contributed by atoms with E-state index in [0.29, 0.717) is 0 Å². The number of aryl methyl sites for hydroxylation is 1. The molecule has 2 unspecified atom stereocenters. The van der Waals surface area contributed by atoms with E-state index in [1.165, 1.54) is 0 Å². The van der Waals surface area contributed by atoms with Gasteiger partial charge in [0.2, 0.25) is 0 Å². The van der Waals surface area contributed by atoms with Crippen LogP contribution in [0.1, 0.15) is 50.8 Å². The van der Waals surface area contributed by atoms with Crippen molar-refractivity contribution in [2.75, 3.05) is 22.9 Å². The molecule has 0 bridgehead atoms. The van der Waals surface area contributed by atoms with Crippen LogP contribution in [-0.2, 0) is 11.2 Å². The molecular weight excluding hydrogens is 601 g/mol. The Morgan fingerprint density at radius 1 is 0.643 bits per heavy atom. The Morgan fingerprint density at radius 2 is 1.00 bits per heavy atom. The topological polar surface area (TPSA) is 67.2 Å². The summed E-state index contributed by atoms with van der Waals surface area (Å²) in [5.74, 6) is 0.221. The van der Waals surface area contributed by atoms with E-state index in [4.69, 9.17) is 0 Å². The first kappa shape index (κ1) is 28.1. The summed E-state index contributed by atoms with van der Waals surface area (Å²) < 4.78 is 0. The SMILES string of the molecule is Cc1cc(N2CCCC2C(O)(c2cccs2)c2cccs2)c(O)c(N2CCCC2C(O)(c2cccs2)c2cccs2)c1. The standard InChI is InChI=1S/C33H34N2O3S4/c1-22-20-23(34-14-2-8-25(34)32(37,27-10-4-16-39-27)28-11-5-17-40-28)31(36)24(21-22)35-15-3-9-26(35)33(38,29-12-6-18-41-29)30-13-7-19-42-30/h4-7,10-13,16-21,25-26,36-38H,2-3,8-9,14-15H2,1H3. The van der Waals surface area contributed by atoms with Gasteiger partial charge in [0.15, 0.2) is 17.0 Å². The summed E-state index contributed by atoms with van der Waals surface area (Å²) in [6.07, 6.45) is 3.49. The van der Waals surface area contributed by atoms with Crippen LogP contribution in [0.3, 0.4) is 0 Å². The van der Waals surface area contributed by atoms with Crippen molar-refractivity contribution in [2.24, 2.45) is 0 Å². The van der Waals surface area contributed by atoms with Gasteiger partial charge in [0, 0.05) is 32.6 Å². The number of rotatable bonds is 8. The Hall–Kier alpha value is -2.66. The number of phenolic OH excluding ortho intramolecular Hbond substituents is 1. The lowest BCUT2D eigenvalue weighted by molar-refractivity contribution is 0.0601. The quantitative estimate of drug-likeness (QED) is 0.163. The van der Waals surface area contributed by atoms with Crippen LogP contribution < -0.4 is 9.80 Å². The maximum Gasteiger partial charge on any atom is 0.162 e. The molecule has 4 aromatic heterocycles. The van der Waals surface area contributed by atoms with Crippen LogP contribution in [0.15, 0.2) is 82.2 Å². The van der Waals surface area contributed by atoms with Crippen LogP contribution in [0, 0.1) is 6.92 Å². The molecule has 3 N–H and O–H groups in total. The third-order valence-electron chi connectivity index (χ3n) is 8.89. The number of hydrogen-bond acceptors (Lipinski definition) is 9. The number of nitrogens with zero attached hydrogens (tertiary/aromatic N) is 2. The maximum absolute atomic E-state index is 12.5. The molecule has 42 heavy (non-hydrogen) atoms. The average Bonchev–Trinajstić information content (AvgIpc) is 3.85. The molecular formula is C33H34N2O3S4. The zero-order valence-electron chi connectivity index (χ0n) is 23.3. The molecule has 0 saturated carbocycles. The monoisotopic (exact) mass is 634 g/mol. The van der Waals surface area contributed by atoms with E-state index in [1.807, 2.05) is 70.1 Å². The minimum Gasteiger partial charge on any atom is -0.504 e. The molecule has 2 fully saturated rings. The summed E-state index contributed by atoms with van der Waals surface area (Å²) in [7, 11) is 0. The van der Waals surface area contributed by atoms with Gasteiger partial charge < -0.3 is 25.1 Å². The Balaban J connectivity index is 1.31. The van der Waals surface area contributed by atoms with E-state index in [0.717, 1.165) is 75.2 Å². The number of thiophene rings is 4. The minimum atomic E-state index is -1.18. The predicted octanol–water partition coefficient (Wildman–Crippen LogP) is 7.76. The van der Waals surface area contributed by atoms with Crippen molar-refractivity contribution in [2.45, 2.75) is 55.9 Å². The Kier molecular flexibility index (Phi) is 7.45. The van der Waals surface area contributed by atoms with E-state index in [-0.39, 0.29) is 17.8 Å². The normalized spacial score (nSPS) is 19.7. The Morgan fingerprint density at radius 3 is 1.31 bits per heavy atom. The van der Waals surface area contributed by atoms with Gasteiger partial charge >= 0.3 is 0 Å². The summed E-state index contributed by atoms with van der Waals surface area (Å²) in [5, 5.41) is 45.2. The van der Waals surface area contributed by atoms with Crippen molar-refractivity contribution in [1.82, 2.24) is 0 Å². The minimum absolute atomic E-state index is 0.221. The van der Waals surface area contributed by atoms with E-state index >= 15 is 0 Å². The second kappa shape index (κ2) is 11.1. The summed E-state index contributed by atoms with van der Waals surface area (Å²) in [6, 6.07) is 19.7. The molecule has 218 valence electrons. The van der Waals surface area contributed by atoms with Crippen LogP contribution in [-0.4, -0.2) is 40.5 Å². The van der Waals surface area contributed by atoms with E-state index < -0.39 is 11.2 Å². The van der Waals surface area contributed by atoms with E-state index in [1.54, 1.807) is 45.3 Å². The largest absolute Gasteiger partial charge is 0.504 e. The molecule has 0 spiro atoms. The Bertz CT molecular complexity index is 1430. The predicted molar refractivity (Wildman–Crippen MR) is 177 cm³/mol. The first-order chi connectivity index (χ1) is 20.4. The van der Waals surface area contributed by atoms with Crippen LogP contribution in [0.4, 0.5) is 11.4 Å². The van der Waals surface area contributed by atoms with E-state index in [9.17, 15) is 15.3 Å². The molecule has 0 aliphatic carbocycles. The lowest BCUT2D eigenvalue weighted by atomic mass is 9.87. The van der Waals surface area contributed by atoms with Crippen molar-refractivity contribution in [3.8, 4) is 5.75 Å². The van der Waals surface area contributed by atoms with Crippen LogP contribution in [0.2, 0.25) is 0 Å². The number of aliphatic hydroxyl groups is 2. The molecule has 9 heteroatoms. The molecule has 5 nitrogen and oxygen atoms in total. The lowest BCUT2D eigenvalue weighted by Crippen LogP contribution is -2.48. The molecule has 0 amide bonds. The van der Waals surface area contributed by atoms with Gasteiger partial charge in [-0.25, -0.2) is 0 Å². The van der Waals surface area contributed by atoms with Gasteiger partial charge in [-0.1, -0.05) is 24.3 Å².